The summed E-state index contributed by atoms with van der Waals surface area (Å²) in [5, 5.41) is 3.27. The van der Waals surface area contributed by atoms with Crippen LogP contribution in [0.2, 0.25) is 0 Å². The molecule has 1 atom stereocenters. The Bertz CT molecular complexity index is 378. The molecule has 0 saturated carbocycles. The molecule has 5 heteroatoms. The molecular weight excluding hydrogens is 317 g/mol. The van der Waals surface area contributed by atoms with Gasteiger partial charge in [-0.3, -0.25) is 0 Å². The predicted octanol–water partition coefficient (Wildman–Crippen LogP) is 2.67. The summed E-state index contributed by atoms with van der Waals surface area (Å²) in [5.41, 5.74) is 1.03. The maximum absolute atomic E-state index is 5.61. The van der Waals surface area contributed by atoms with E-state index in [1.54, 1.807) is 0 Å². The fourth-order valence-corrected chi connectivity index (χ4v) is 2.22. The Kier molecular flexibility index (Phi) is 3.96. The van der Waals surface area contributed by atoms with Gasteiger partial charge in [-0.2, -0.15) is 0 Å². The summed E-state index contributed by atoms with van der Waals surface area (Å²) >= 11 is 2.28. The van der Waals surface area contributed by atoms with Crippen molar-refractivity contribution in [1.82, 2.24) is 9.97 Å². The van der Waals surface area contributed by atoms with Gasteiger partial charge in [0.05, 0.1) is 9.26 Å². The lowest BCUT2D eigenvalue weighted by atomic mass is 10.2. The second-order valence-corrected chi connectivity index (χ2v) is 4.94. The zero-order chi connectivity index (χ0) is 11.5. The summed E-state index contributed by atoms with van der Waals surface area (Å²) in [6.07, 6.45) is 2.23. The molecule has 0 amide bonds. The molecule has 1 aliphatic heterocycles. The van der Waals surface area contributed by atoms with Crippen LogP contribution < -0.4 is 5.32 Å². The van der Waals surface area contributed by atoms with E-state index in [1.165, 1.54) is 0 Å². The van der Waals surface area contributed by atoms with Gasteiger partial charge in [0.1, 0.15) is 11.9 Å². The highest BCUT2D eigenvalue weighted by molar-refractivity contribution is 14.1. The van der Waals surface area contributed by atoms with Crippen LogP contribution in [-0.2, 0) is 4.74 Å². The number of nitrogens with zero attached hydrogens (tertiary/aromatic N) is 2. The molecule has 1 unspecified atom stereocenters. The third-order valence-electron chi connectivity index (χ3n) is 2.60. The van der Waals surface area contributed by atoms with E-state index < -0.39 is 0 Å². The molecule has 1 fully saturated rings. The Morgan fingerprint density at radius 3 is 2.94 bits per heavy atom. The van der Waals surface area contributed by atoms with E-state index in [0.29, 0.717) is 0 Å². The Morgan fingerprint density at radius 2 is 2.31 bits per heavy atom. The average Bonchev–Trinajstić information content (AvgIpc) is 2.78. The number of anilines is 1. The van der Waals surface area contributed by atoms with Gasteiger partial charge >= 0.3 is 0 Å². The number of rotatable bonds is 3. The van der Waals surface area contributed by atoms with Gasteiger partial charge in [-0.05, 0) is 49.3 Å². The van der Waals surface area contributed by atoms with Crippen molar-refractivity contribution in [1.29, 1.82) is 0 Å². The smallest absolute Gasteiger partial charge is 0.159 e. The molecule has 1 aromatic heterocycles. The van der Waals surface area contributed by atoms with E-state index in [2.05, 4.69) is 44.8 Å². The second kappa shape index (κ2) is 5.27. The molecule has 1 saturated heterocycles. The zero-order valence-electron chi connectivity index (χ0n) is 9.59. The van der Waals surface area contributed by atoms with Crippen LogP contribution in [0.3, 0.4) is 0 Å². The minimum atomic E-state index is 0.0908. The van der Waals surface area contributed by atoms with Crippen molar-refractivity contribution in [3.63, 3.8) is 0 Å². The third-order valence-corrected chi connectivity index (χ3v) is 3.89. The number of halogens is 1. The zero-order valence-corrected chi connectivity index (χ0v) is 11.7. The van der Waals surface area contributed by atoms with Crippen molar-refractivity contribution < 1.29 is 4.74 Å². The molecule has 1 aliphatic rings. The SMILES string of the molecule is CCNc1nc(C2CCCO2)nc(C)c1I. The summed E-state index contributed by atoms with van der Waals surface area (Å²) in [4.78, 5) is 9.06. The topological polar surface area (TPSA) is 47.0 Å². The fraction of sp³-hybridized carbons (Fsp3) is 0.636. The van der Waals surface area contributed by atoms with Gasteiger partial charge in [-0.1, -0.05) is 0 Å². The van der Waals surface area contributed by atoms with Crippen LogP contribution in [-0.4, -0.2) is 23.1 Å². The number of aromatic nitrogens is 2. The van der Waals surface area contributed by atoms with Crippen molar-refractivity contribution in [3.8, 4) is 0 Å². The molecule has 1 N–H and O–H groups in total. The molecule has 88 valence electrons. The van der Waals surface area contributed by atoms with Crippen molar-refractivity contribution in [2.24, 2.45) is 0 Å². The lowest BCUT2D eigenvalue weighted by Gasteiger charge is -2.13. The minimum Gasteiger partial charge on any atom is -0.370 e. The van der Waals surface area contributed by atoms with Crippen molar-refractivity contribution >= 4 is 28.4 Å². The van der Waals surface area contributed by atoms with Gasteiger partial charge in [0, 0.05) is 13.2 Å². The molecule has 1 aromatic rings. The Labute approximate surface area is 109 Å². The molecule has 0 aliphatic carbocycles. The lowest BCUT2D eigenvalue weighted by Crippen LogP contribution is -2.10. The first-order valence-corrected chi connectivity index (χ1v) is 6.69. The number of aryl methyl sites for hydroxylation is 1. The standard InChI is InChI=1S/C11H16IN3O/c1-3-13-11-9(12)7(2)14-10(15-11)8-5-4-6-16-8/h8H,3-6H2,1-2H3,(H,13,14,15). The third kappa shape index (κ3) is 2.45. The molecule has 0 bridgehead atoms. The highest BCUT2D eigenvalue weighted by Gasteiger charge is 2.22. The van der Waals surface area contributed by atoms with E-state index in [4.69, 9.17) is 4.74 Å². The normalized spacial score (nSPS) is 20.1. The minimum absolute atomic E-state index is 0.0908. The summed E-state index contributed by atoms with van der Waals surface area (Å²) < 4.78 is 6.71. The van der Waals surface area contributed by atoms with Gasteiger partial charge in [0.2, 0.25) is 0 Å². The molecule has 0 spiro atoms. The predicted molar refractivity (Wildman–Crippen MR) is 71.6 cm³/mol. The van der Waals surface area contributed by atoms with Gasteiger partial charge in [0.15, 0.2) is 5.82 Å². The van der Waals surface area contributed by atoms with Crippen LogP contribution in [0.4, 0.5) is 5.82 Å². The first-order chi connectivity index (χ1) is 7.72. The van der Waals surface area contributed by atoms with Gasteiger partial charge < -0.3 is 10.1 Å². The van der Waals surface area contributed by atoms with Crippen molar-refractivity contribution in [3.05, 3.63) is 15.1 Å². The summed E-state index contributed by atoms with van der Waals surface area (Å²) in [7, 11) is 0. The molecule has 2 rings (SSSR count). The summed E-state index contributed by atoms with van der Waals surface area (Å²) in [6.45, 7) is 5.79. The molecule has 2 heterocycles. The maximum Gasteiger partial charge on any atom is 0.159 e. The quantitative estimate of drug-likeness (QED) is 0.864. The van der Waals surface area contributed by atoms with E-state index in [0.717, 1.165) is 46.9 Å². The number of hydrogen-bond acceptors (Lipinski definition) is 4. The van der Waals surface area contributed by atoms with Crippen LogP contribution in [0.15, 0.2) is 0 Å². The van der Waals surface area contributed by atoms with Crippen LogP contribution >= 0.6 is 22.6 Å². The maximum atomic E-state index is 5.61. The van der Waals surface area contributed by atoms with Gasteiger partial charge in [-0.15, -0.1) is 0 Å². The Balaban J connectivity index is 2.31. The lowest BCUT2D eigenvalue weighted by molar-refractivity contribution is 0.105. The molecule has 0 radical (unpaired) electrons. The fourth-order valence-electron chi connectivity index (χ4n) is 1.79. The number of hydrogen-bond donors (Lipinski definition) is 1. The van der Waals surface area contributed by atoms with Crippen LogP contribution in [0, 0.1) is 10.5 Å². The highest BCUT2D eigenvalue weighted by atomic mass is 127. The molecule has 16 heavy (non-hydrogen) atoms. The monoisotopic (exact) mass is 333 g/mol. The summed E-state index contributed by atoms with van der Waals surface area (Å²) in [5.74, 6) is 1.76. The summed E-state index contributed by atoms with van der Waals surface area (Å²) in [6, 6.07) is 0. The van der Waals surface area contributed by atoms with Crippen molar-refractivity contribution in [2.45, 2.75) is 32.8 Å². The van der Waals surface area contributed by atoms with Crippen LogP contribution in [0.1, 0.15) is 37.4 Å². The molecule has 4 nitrogen and oxygen atoms in total. The van der Waals surface area contributed by atoms with E-state index in [-0.39, 0.29) is 6.10 Å². The highest BCUT2D eigenvalue weighted by Crippen LogP contribution is 2.28. The van der Waals surface area contributed by atoms with Gasteiger partial charge in [-0.25, -0.2) is 9.97 Å². The molecule has 0 aromatic carbocycles. The average molecular weight is 333 g/mol. The van der Waals surface area contributed by atoms with E-state index in [9.17, 15) is 0 Å². The largest absolute Gasteiger partial charge is 0.370 e. The first kappa shape index (κ1) is 12.0. The Hall–Kier alpha value is -0.430. The Morgan fingerprint density at radius 1 is 1.50 bits per heavy atom. The second-order valence-electron chi connectivity index (χ2n) is 3.86. The van der Waals surface area contributed by atoms with E-state index in [1.807, 2.05) is 6.92 Å². The number of ether oxygens (including phenoxy) is 1. The van der Waals surface area contributed by atoms with Gasteiger partial charge in [0.25, 0.3) is 0 Å². The van der Waals surface area contributed by atoms with Crippen LogP contribution in [0.25, 0.3) is 0 Å². The number of nitrogens with one attached hydrogen (secondary N) is 1. The van der Waals surface area contributed by atoms with Crippen molar-refractivity contribution in [2.75, 3.05) is 18.5 Å². The van der Waals surface area contributed by atoms with Crippen LogP contribution in [0.5, 0.6) is 0 Å². The molecular formula is C11H16IN3O. The first-order valence-electron chi connectivity index (χ1n) is 5.62. The van der Waals surface area contributed by atoms with E-state index >= 15 is 0 Å².